The van der Waals surface area contributed by atoms with Crippen molar-refractivity contribution in [3.8, 4) is 0 Å². The van der Waals surface area contributed by atoms with Crippen LogP contribution in [0.1, 0.15) is 15.9 Å². The molecular weight excluding hydrogens is 223 g/mol. The Labute approximate surface area is 89.3 Å². The molecule has 3 nitrogen and oxygen atoms in total. The van der Waals surface area contributed by atoms with Gasteiger partial charge in [-0.05, 0) is 18.2 Å². The van der Waals surface area contributed by atoms with Gasteiger partial charge in [0.1, 0.15) is 6.29 Å². The van der Waals surface area contributed by atoms with Crippen LogP contribution in [0.25, 0.3) is 0 Å². The fourth-order valence-electron chi connectivity index (χ4n) is 1.07. The van der Waals surface area contributed by atoms with Crippen LogP contribution in [0.15, 0.2) is 24.3 Å². The molecule has 0 radical (unpaired) electrons. The summed E-state index contributed by atoms with van der Waals surface area (Å²) in [6, 6.07) is 3.99. The van der Waals surface area contributed by atoms with Crippen molar-refractivity contribution in [1.29, 1.82) is 0 Å². The molecule has 0 atom stereocenters. The summed E-state index contributed by atoms with van der Waals surface area (Å²) in [5.41, 5.74) is -1.03. The minimum Gasteiger partial charge on any atom is -0.345 e. The van der Waals surface area contributed by atoms with E-state index in [4.69, 9.17) is 0 Å². The first-order valence-electron chi connectivity index (χ1n) is 4.34. The summed E-state index contributed by atoms with van der Waals surface area (Å²) in [6.45, 7) is -0.227. The highest BCUT2D eigenvalue weighted by Gasteiger charge is 2.30. The SMILES string of the molecule is O=CCNC(=O)c1cccc(C(F)(F)F)c1. The van der Waals surface area contributed by atoms with E-state index in [-0.39, 0.29) is 12.1 Å². The number of hydrogen-bond donors (Lipinski definition) is 1. The second kappa shape index (κ2) is 4.78. The molecule has 0 aliphatic rings. The van der Waals surface area contributed by atoms with E-state index in [1.54, 1.807) is 0 Å². The van der Waals surface area contributed by atoms with Crippen molar-refractivity contribution in [2.45, 2.75) is 6.18 Å². The number of carbonyl (C=O) groups is 2. The number of rotatable bonds is 3. The van der Waals surface area contributed by atoms with Crippen molar-refractivity contribution < 1.29 is 22.8 Å². The van der Waals surface area contributed by atoms with Gasteiger partial charge in [-0.2, -0.15) is 13.2 Å². The van der Waals surface area contributed by atoms with E-state index in [2.05, 4.69) is 5.32 Å². The lowest BCUT2D eigenvalue weighted by Crippen LogP contribution is -2.25. The van der Waals surface area contributed by atoms with Crippen LogP contribution in [0.3, 0.4) is 0 Å². The Morgan fingerprint density at radius 2 is 2.06 bits per heavy atom. The standard InChI is InChI=1S/C10H8F3NO2/c11-10(12,13)8-3-1-2-7(6-8)9(16)14-4-5-15/h1-3,5-6H,4H2,(H,14,16). The Morgan fingerprint density at radius 1 is 1.38 bits per heavy atom. The molecule has 86 valence electrons. The first-order chi connectivity index (χ1) is 7.45. The first kappa shape index (κ1) is 12.2. The molecule has 1 amide bonds. The highest BCUT2D eigenvalue weighted by Crippen LogP contribution is 2.29. The summed E-state index contributed by atoms with van der Waals surface area (Å²) in [7, 11) is 0. The topological polar surface area (TPSA) is 46.2 Å². The second-order valence-corrected chi connectivity index (χ2v) is 2.96. The number of carbonyl (C=O) groups excluding carboxylic acids is 2. The van der Waals surface area contributed by atoms with Gasteiger partial charge in [0.15, 0.2) is 0 Å². The van der Waals surface area contributed by atoms with Gasteiger partial charge in [0.25, 0.3) is 5.91 Å². The van der Waals surface area contributed by atoms with E-state index in [1.807, 2.05) is 0 Å². The Kier molecular flexibility index (Phi) is 3.65. The normalized spacial score (nSPS) is 10.9. The Hall–Kier alpha value is -1.85. The molecule has 6 heteroatoms. The second-order valence-electron chi connectivity index (χ2n) is 2.96. The van der Waals surface area contributed by atoms with Crippen molar-refractivity contribution in [2.75, 3.05) is 6.54 Å². The van der Waals surface area contributed by atoms with Crippen molar-refractivity contribution in [1.82, 2.24) is 5.32 Å². The van der Waals surface area contributed by atoms with E-state index in [1.165, 1.54) is 6.07 Å². The minimum atomic E-state index is -4.49. The van der Waals surface area contributed by atoms with E-state index in [0.717, 1.165) is 18.2 Å². The highest BCUT2D eigenvalue weighted by atomic mass is 19.4. The van der Waals surface area contributed by atoms with Gasteiger partial charge in [0.2, 0.25) is 0 Å². The Balaban J connectivity index is 2.90. The predicted molar refractivity (Wildman–Crippen MR) is 49.8 cm³/mol. The van der Waals surface area contributed by atoms with E-state index in [9.17, 15) is 22.8 Å². The number of benzene rings is 1. The lowest BCUT2D eigenvalue weighted by atomic mass is 10.1. The van der Waals surface area contributed by atoms with E-state index < -0.39 is 17.6 Å². The molecule has 0 spiro atoms. The summed E-state index contributed by atoms with van der Waals surface area (Å²) in [4.78, 5) is 21.2. The third-order valence-electron chi connectivity index (χ3n) is 1.80. The summed E-state index contributed by atoms with van der Waals surface area (Å²) in [6.07, 6.45) is -4.04. The van der Waals surface area contributed by atoms with Crippen LogP contribution in [0, 0.1) is 0 Å². The molecular formula is C10H8F3NO2. The number of aldehydes is 1. The van der Waals surface area contributed by atoms with Crippen LogP contribution < -0.4 is 5.32 Å². The lowest BCUT2D eigenvalue weighted by molar-refractivity contribution is -0.137. The molecule has 0 aromatic heterocycles. The van der Waals surface area contributed by atoms with Crippen LogP contribution in [0.5, 0.6) is 0 Å². The fraction of sp³-hybridized carbons (Fsp3) is 0.200. The molecule has 0 fully saturated rings. The van der Waals surface area contributed by atoms with Gasteiger partial charge >= 0.3 is 6.18 Å². The van der Waals surface area contributed by atoms with Crippen LogP contribution in [0.4, 0.5) is 13.2 Å². The Bertz CT molecular complexity index is 401. The molecule has 0 aliphatic carbocycles. The van der Waals surface area contributed by atoms with Gasteiger partial charge in [-0.25, -0.2) is 0 Å². The molecule has 0 bridgehead atoms. The van der Waals surface area contributed by atoms with E-state index >= 15 is 0 Å². The zero-order valence-electron chi connectivity index (χ0n) is 8.04. The number of halogens is 3. The average Bonchev–Trinajstić information content (AvgIpc) is 2.25. The number of nitrogens with one attached hydrogen (secondary N) is 1. The highest BCUT2D eigenvalue weighted by molar-refractivity contribution is 5.95. The monoisotopic (exact) mass is 231 g/mol. The molecule has 0 heterocycles. The lowest BCUT2D eigenvalue weighted by Gasteiger charge is -2.08. The van der Waals surface area contributed by atoms with Crippen LogP contribution >= 0.6 is 0 Å². The Morgan fingerprint density at radius 3 is 2.62 bits per heavy atom. The first-order valence-corrected chi connectivity index (χ1v) is 4.34. The molecule has 1 aromatic carbocycles. The van der Waals surface area contributed by atoms with Crippen LogP contribution in [-0.2, 0) is 11.0 Å². The molecule has 1 N–H and O–H groups in total. The quantitative estimate of drug-likeness (QED) is 0.803. The molecule has 0 saturated heterocycles. The van der Waals surface area contributed by atoms with Crippen molar-refractivity contribution in [3.05, 3.63) is 35.4 Å². The van der Waals surface area contributed by atoms with Gasteiger partial charge < -0.3 is 10.1 Å². The van der Waals surface area contributed by atoms with Crippen LogP contribution in [-0.4, -0.2) is 18.7 Å². The van der Waals surface area contributed by atoms with Crippen molar-refractivity contribution in [2.24, 2.45) is 0 Å². The van der Waals surface area contributed by atoms with Crippen LogP contribution in [0.2, 0.25) is 0 Å². The molecule has 1 aromatic rings. The summed E-state index contributed by atoms with van der Waals surface area (Å²) >= 11 is 0. The summed E-state index contributed by atoms with van der Waals surface area (Å²) in [5.74, 6) is -0.710. The summed E-state index contributed by atoms with van der Waals surface area (Å²) < 4.78 is 36.9. The summed E-state index contributed by atoms with van der Waals surface area (Å²) in [5, 5.41) is 2.15. The van der Waals surface area contributed by atoms with Gasteiger partial charge in [-0.1, -0.05) is 6.07 Å². The maximum Gasteiger partial charge on any atom is 0.416 e. The number of hydrogen-bond acceptors (Lipinski definition) is 2. The van der Waals surface area contributed by atoms with Gasteiger partial charge in [-0.3, -0.25) is 4.79 Å². The third kappa shape index (κ3) is 3.08. The van der Waals surface area contributed by atoms with E-state index in [0.29, 0.717) is 6.29 Å². The molecule has 0 unspecified atom stereocenters. The zero-order valence-corrected chi connectivity index (χ0v) is 8.04. The number of amides is 1. The predicted octanol–water partition coefficient (Wildman–Crippen LogP) is 1.63. The molecule has 1 rings (SSSR count). The average molecular weight is 231 g/mol. The third-order valence-corrected chi connectivity index (χ3v) is 1.80. The molecule has 16 heavy (non-hydrogen) atoms. The van der Waals surface area contributed by atoms with Crippen molar-refractivity contribution in [3.63, 3.8) is 0 Å². The maximum atomic E-state index is 12.3. The minimum absolute atomic E-state index is 0.128. The fourth-order valence-corrected chi connectivity index (χ4v) is 1.07. The zero-order chi connectivity index (χ0) is 12.2. The van der Waals surface area contributed by atoms with Gasteiger partial charge in [0, 0.05) is 5.56 Å². The largest absolute Gasteiger partial charge is 0.416 e. The van der Waals surface area contributed by atoms with Gasteiger partial charge in [0.05, 0.1) is 12.1 Å². The maximum absolute atomic E-state index is 12.3. The smallest absolute Gasteiger partial charge is 0.345 e. The van der Waals surface area contributed by atoms with Gasteiger partial charge in [-0.15, -0.1) is 0 Å². The molecule has 0 aliphatic heterocycles. The number of alkyl halides is 3. The molecule has 0 saturated carbocycles. The van der Waals surface area contributed by atoms with Crippen molar-refractivity contribution >= 4 is 12.2 Å².